The third-order valence-electron chi connectivity index (χ3n) is 9.42. The second-order valence-corrected chi connectivity index (χ2v) is 14.2. The van der Waals surface area contributed by atoms with E-state index in [1.165, 1.54) is 0 Å². The van der Waals surface area contributed by atoms with Gasteiger partial charge in [0.1, 0.15) is 16.5 Å². The maximum absolute atomic E-state index is 13.3. The highest BCUT2D eigenvalue weighted by molar-refractivity contribution is 8.26. The van der Waals surface area contributed by atoms with E-state index >= 15 is 0 Å². The standard InChI is InChI=1S/C34H43N5O4S/c1-22(2)31(35)44-32(36)23-7-9-28(10-8-23)43-29-16-24(5-6-25(29)19-38-13-3-4-30(38)40)33(41)37-26-17-34(18-26)20-39(21-34)27-11-14-42-15-12-27/h5-10,16,22,26-27,35-36H,3-4,11-15,17-21H2,1-2H3,(H,37,41). The Labute approximate surface area is 264 Å². The molecule has 10 heteroatoms. The third kappa shape index (κ3) is 6.87. The van der Waals surface area contributed by atoms with Crippen LogP contribution in [0.2, 0.25) is 0 Å². The number of hydrogen-bond acceptors (Lipinski definition) is 8. The van der Waals surface area contributed by atoms with E-state index < -0.39 is 0 Å². The summed E-state index contributed by atoms with van der Waals surface area (Å²) in [6, 6.07) is 13.6. The van der Waals surface area contributed by atoms with Crippen LogP contribution in [0, 0.1) is 22.2 Å². The molecule has 3 heterocycles. The van der Waals surface area contributed by atoms with Crippen LogP contribution in [0.5, 0.6) is 11.5 Å². The molecule has 1 saturated carbocycles. The number of thioether (sulfide) groups is 1. The van der Waals surface area contributed by atoms with E-state index in [0.717, 1.165) is 82.3 Å². The first-order valence-corrected chi connectivity index (χ1v) is 16.7. The molecule has 1 spiro atoms. The van der Waals surface area contributed by atoms with E-state index in [9.17, 15) is 9.59 Å². The smallest absolute Gasteiger partial charge is 0.251 e. The molecule has 3 saturated heterocycles. The molecule has 3 aliphatic heterocycles. The van der Waals surface area contributed by atoms with Gasteiger partial charge in [-0.25, -0.2) is 0 Å². The van der Waals surface area contributed by atoms with E-state index in [1.807, 2.05) is 43.0 Å². The monoisotopic (exact) mass is 617 g/mol. The van der Waals surface area contributed by atoms with Crippen LogP contribution in [0.15, 0.2) is 42.5 Å². The molecule has 0 bridgehead atoms. The van der Waals surface area contributed by atoms with Crippen molar-refractivity contribution in [1.82, 2.24) is 15.1 Å². The molecule has 1 aliphatic carbocycles. The Balaban J connectivity index is 1.10. The first-order valence-electron chi connectivity index (χ1n) is 15.8. The number of ether oxygens (including phenoxy) is 2. The van der Waals surface area contributed by atoms with Gasteiger partial charge in [0.25, 0.3) is 5.91 Å². The summed E-state index contributed by atoms with van der Waals surface area (Å²) in [5.41, 5.74) is 2.45. The van der Waals surface area contributed by atoms with Crippen molar-refractivity contribution < 1.29 is 19.1 Å². The Bertz CT molecular complexity index is 1410. The number of nitrogens with one attached hydrogen (secondary N) is 3. The minimum atomic E-state index is -0.104. The van der Waals surface area contributed by atoms with Gasteiger partial charge >= 0.3 is 0 Å². The van der Waals surface area contributed by atoms with E-state index in [1.54, 1.807) is 18.2 Å². The molecule has 4 fully saturated rings. The summed E-state index contributed by atoms with van der Waals surface area (Å²) in [6.07, 6.45) is 5.70. The zero-order chi connectivity index (χ0) is 30.8. The van der Waals surface area contributed by atoms with Crippen LogP contribution in [0.3, 0.4) is 0 Å². The quantitative estimate of drug-likeness (QED) is 0.247. The Morgan fingerprint density at radius 1 is 1.09 bits per heavy atom. The fraction of sp³-hybridized carbons (Fsp3) is 0.529. The lowest BCUT2D eigenvalue weighted by molar-refractivity contribution is -0.128. The van der Waals surface area contributed by atoms with Crippen molar-refractivity contribution in [2.45, 2.75) is 71.0 Å². The maximum Gasteiger partial charge on any atom is 0.251 e. The number of carbonyl (C=O) groups is 2. The predicted octanol–water partition coefficient (Wildman–Crippen LogP) is 5.67. The van der Waals surface area contributed by atoms with Crippen LogP contribution in [0.25, 0.3) is 0 Å². The summed E-state index contributed by atoms with van der Waals surface area (Å²) in [7, 11) is 0. The topological polar surface area (TPSA) is 119 Å². The molecule has 0 unspecified atom stereocenters. The molecule has 9 nitrogen and oxygen atoms in total. The van der Waals surface area contributed by atoms with Crippen molar-refractivity contribution in [3.8, 4) is 11.5 Å². The summed E-state index contributed by atoms with van der Waals surface area (Å²) in [5.74, 6) is 1.23. The number of likely N-dealkylation sites (tertiary alicyclic amines) is 2. The van der Waals surface area contributed by atoms with Crippen molar-refractivity contribution in [2.24, 2.45) is 11.3 Å². The number of carbonyl (C=O) groups excluding carboxylic acids is 2. The summed E-state index contributed by atoms with van der Waals surface area (Å²) in [6.45, 7) is 9.03. The molecule has 2 aromatic rings. The summed E-state index contributed by atoms with van der Waals surface area (Å²) < 4.78 is 11.8. The van der Waals surface area contributed by atoms with Gasteiger partial charge in [0.2, 0.25) is 5.91 Å². The first-order chi connectivity index (χ1) is 21.2. The number of hydrogen-bond donors (Lipinski definition) is 3. The van der Waals surface area contributed by atoms with E-state index in [4.69, 9.17) is 20.3 Å². The maximum atomic E-state index is 13.3. The Morgan fingerprint density at radius 3 is 2.45 bits per heavy atom. The molecule has 0 atom stereocenters. The minimum absolute atomic E-state index is 0.0736. The number of rotatable bonds is 9. The average Bonchev–Trinajstić information content (AvgIpc) is 3.38. The van der Waals surface area contributed by atoms with Crippen molar-refractivity contribution in [1.29, 1.82) is 10.8 Å². The molecule has 234 valence electrons. The second-order valence-electron chi connectivity index (χ2n) is 13.1. The Morgan fingerprint density at radius 2 is 1.80 bits per heavy atom. The van der Waals surface area contributed by atoms with Crippen LogP contribution in [-0.2, 0) is 16.1 Å². The van der Waals surface area contributed by atoms with Crippen LogP contribution in [0.1, 0.15) is 73.9 Å². The molecule has 6 rings (SSSR count). The SMILES string of the molecule is CC(C)C(=N)SC(=N)c1ccc(Oc2cc(C(=O)NC3CC4(C3)CN(C3CCOCC3)C4)ccc2CN2CCCC2=O)cc1. The van der Waals surface area contributed by atoms with E-state index in [0.29, 0.717) is 57.1 Å². The van der Waals surface area contributed by atoms with Crippen LogP contribution < -0.4 is 10.1 Å². The largest absolute Gasteiger partial charge is 0.457 e. The van der Waals surface area contributed by atoms with Crippen molar-refractivity contribution in [3.05, 3.63) is 59.2 Å². The third-order valence-corrected chi connectivity index (χ3v) is 10.6. The van der Waals surface area contributed by atoms with E-state index in [2.05, 4.69) is 10.2 Å². The number of benzene rings is 2. The highest BCUT2D eigenvalue weighted by Crippen LogP contribution is 2.49. The minimum Gasteiger partial charge on any atom is -0.457 e. The molecular weight excluding hydrogens is 574 g/mol. The van der Waals surface area contributed by atoms with Gasteiger partial charge in [0.15, 0.2) is 0 Å². The van der Waals surface area contributed by atoms with Gasteiger partial charge in [-0.1, -0.05) is 31.7 Å². The Kier molecular flexibility index (Phi) is 9.12. The normalized spacial score (nSPS) is 20.4. The summed E-state index contributed by atoms with van der Waals surface area (Å²) >= 11 is 1.16. The molecule has 4 aliphatic rings. The van der Waals surface area contributed by atoms with E-state index in [-0.39, 0.29) is 23.8 Å². The molecule has 2 amide bonds. The summed E-state index contributed by atoms with van der Waals surface area (Å²) in [4.78, 5) is 30.2. The van der Waals surface area contributed by atoms with Gasteiger partial charge in [-0.3, -0.25) is 25.3 Å². The lowest BCUT2D eigenvalue weighted by Crippen LogP contribution is -2.68. The number of amides is 2. The highest BCUT2D eigenvalue weighted by Gasteiger charge is 2.53. The molecule has 2 aromatic carbocycles. The summed E-state index contributed by atoms with van der Waals surface area (Å²) in [5, 5.41) is 20.4. The first kappa shape index (κ1) is 30.8. The van der Waals surface area contributed by atoms with Crippen molar-refractivity contribution in [2.75, 3.05) is 32.8 Å². The van der Waals surface area contributed by atoms with Gasteiger partial charge in [-0.2, -0.15) is 0 Å². The second kappa shape index (κ2) is 13.0. The van der Waals surface area contributed by atoms with Gasteiger partial charge in [-0.05, 0) is 73.9 Å². The van der Waals surface area contributed by atoms with Gasteiger partial charge in [-0.15, -0.1) is 0 Å². The van der Waals surface area contributed by atoms with Gasteiger partial charge < -0.3 is 19.7 Å². The van der Waals surface area contributed by atoms with Crippen molar-refractivity contribution in [3.63, 3.8) is 0 Å². The molecule has 0 radical (unpaired) electrons. The van der Waals surface area contributed by atoms with Gasteiger partial charge in [0.05, 0.1) is 5.04 Å². The zero-order valence-electron chi connectivity index (χ0n) is 25.7. The fourth-order valence-electron chi connectivity index (χ4n) is 6.82. The van der Waals surface area contributed by atoms with Gasteiger partial charge in [0, 0.05) is 80.5 Å². The van der Waals surface area contributed by atoms with Crippen LogP contribution in [-0.4, -0.2) is 76.6 Å². The molecule has 0 aromatic heterocycles. The van der Waals surface area contributed by atoms with Crippen LogP contribution >= 0.6 is 11.8 Å². The predicted molar refractivity (Wildman–Crippen MR) is 173 cm³/mol. The zero-order valence-corrected chi connectivity index (χ0v) is 26.5. The average molecular weight is 618 g/mol. The lowest BCUT2D eigenvalue weighted by Gasteiger charge is -2.61. The Hall–Kier alpha value is -3.21. The molecular formula is C34H43N5O4S. The fourth-order valence-corrected chi connectivity index (χ4v) is 7.53. The van der Waals surface area contributed by atoms with Crippen LogP contribution in [0.4, 0.5) is 0 Å². The molecule has 44 heavy (non-hydrogen) atoms. The lowest BCUT2D eigenvalue weighted by atomic mass is 9.60. The number of nitrogens with zero attached hydrogens (tertiary/aromatic N) is 2. The van der Waals surface area contributed by atoms with Crippen molar-refractivity contribution >= 4 is 33.7 Å². The highest BCUT2D eigenvalue weighted by atomic mass is 32.2. The molecule has 3 N–H and O–H groups in total.